The highest BCUT2D eigenvalue weighted by molar-refractivity contribution is 5.94. The maximum atomic E-state index is 12.4. The molecule has 0 unspecified atom stereocenters. The van der Waals surface area contributed by atoms with Crippen LogP contribution in [-0.4, -0.2) is 53.0 Å². The lowest BCUT2D eigenvalue weighted by molar-refractivity contribution is 0.0739. The Bertz CT molecular complexity index is 785. The van der Waals surface area contributed by atoms with Crippen LogP contribution in [0.4, 0.5) is 5.69 Å². The lowest BCUT2D eigenvalue weighted by atomic mass is 10.1. The molecule has 2 heterocycles. The first-order valence-electron chi connectivity index (χ1n) is 7.75. The van der Waals surface area contributed by atoms with Gasteiger partial charge in [0.05, 0.1) is 0 Å². The van der Waals surface area contributed by atoms with E-state index < -0.39 is 0 Å². The standard InChI is InChI=1S/C17H18N4O3/c1-12(22)13-2-4-14(5-3-13)20-8-10-21(11-9-20)17(24)15-6-7-16(23)19-18-15/h2-7H,8-11H2,1H3,(H,19,23). The summed E-state index contributed by atoms with van der Waals surface area (Å²) in [6.45, 7) is 4.11. The molecule has 1 saturated heterocycles. The molecule has 0 saturated carbocycles. The number of H-pyrrole nitrogens is 1. The maximum Gasteiger partial charge on any atom is 0.274 e. The average molecular weight is 326 g/mol. The normalized spacial score (nSPS) is 14.5. The Kier molecular flexibility index (Phi) is 4.41. The number of aromatic nitrogens is 2. The number of rotatable bonds is 3. The van der Waals surface area contributed by atoms with Crippen molar-refractivity contribution >= 4 is 17.4 Å². The summed E-state index contributed by atoms with van der Waals surface area (Å²) in [5, 5.41) is 6.06. The van der Waals surface area contributed by atoms with Crippen LogP contribution in [0.5, 0.6) is 0 Å². The summed E-state index contributed by atoms with van der Waals surface area (Å²) in [5.74, 6) is -0.136. The SMILES string of the molecule is CC(=O)c1ccc(N2CCN(C(=O)c3ccc(=O)[nH]n3)CC2)cc1. The highest BCUT2D eigenvalue weighted by Gasteiger charge is 2.23. The number of amides is 1. The van der Waals surface area contributed by atoms with Crippen molar-refractivity contribution in [2.24, 2.45) is 0 Å². The van der Waals surface area contributed by atoms with Gasteiger partial charge >= 0.3 is 0 Å². The molecule has 0 atom stereocenters. The number of benzene rings is 1. The van der Waals surface area contributed by atoms with Gasteiger partial charge in [-0.05, 0) is 37.3 Å². The Balaban J connectivity index is 1.63. The second-order valence-electron chi connectivity index (χ2n) is 5.69. The molecule has 1 aromatic heterocycles. The molecular formula is C17H18N4O3. The monoisotopic (exact) mass is 326 g/mol. The number of ketones is 1. The van der Waals surface area contributed by atoms with Crippen LogP contribution in [-0.2, 0) is 0 Å². The lowest BCUT2D eigenvalue weighted by Gasteiger charge is -2.36. The van der Waals surface area contributed by atoms with E-state index in [4.69, 9.17) is 0 Å². The van der Waals surface area contributed by atoms with Gasteiger partial charge in [-0.3, -0.25) is 14.4 Å². The number of nitrogens with zero attached hydrogens (tertiary/aromatic N) is 3. The smallest absolute Gasteiger partial charge is 0.274 e. The molecule has 2 aromatic rings. The van der Waals surface area contributed by atoms with E-state index in [2.05, 4.69) is 15.1 Å². The van der Waals surface area contributed by atoms with E-state index in [-0.39, 0.29) is 22.9 Å². The zero-order chi connectivity index (χ0) is 17.1. The van der Waals surface area contributed by atoms with Gasteiger partial charge in [0.25, 0.3) is 11.5 Å². The Hall–Kier alpha value is -2.96. The van der Waals surface area contributed by atoms with Crippen molar-refractivity contribution in [3.8, 4) is 0 Å². The molecule has 7 nitrogen and oxygen atoms in total. The first kappa shape index (κ1) is 15.9. The molecule has 1 aromatic carbocycles. The molecule has 1 amide bonds. The third kappa shape index (κ3) is 3.34. The fourth-order valence-electron chi connectivity index (χ4n) is 2.70. The number of Topliss-reactive ketones (excluding diaryl/α,β-unsaturated/α-hetero) is 1. The van der Waals surface area contributed by atoms with E-state index >= 15 is 0 Å². The fraction of sp³-hybridized carbons (Fsp3) is 0.294. The molecule has 1 aliphatic rings. The van der Waals surface area contributed by atoms with Crippen molar-refractivity contribution in [3.63, 3.8) is 0 Å². The second-order valence-corrected chi connectivity index (χ2v) is 5.69. The Morgan fingerprint density at radius 2 is 1.67 bits per heavy atom. The van der Waals surface area contributed by atoms with E-state index in [9.17, 15) is 14.4 Å². The third-order valence-electron chi connectivity index (χ3n) is 4.10. The predicted octanol–water partition coefficient (Wildman–Crippen LogP) is 0.935. The van der Waals surface area contributed by atoms with Gasteiger partial charge in [-0.2, -0.15) is 5.10 Å². The van der Waals surface area contributed by atoms with Crippen molar-refractivity contribution in [2.45, 2.75) is 6.92 Å². The van der Waals surface area contributed by atoms with Gasteiger partial charge in [0.15, 0.2) is 5.78 Å². The summed E-state index contributed by atoms with van der Waals surface area (Å²) in [5.41, 5.74) is 1.64. The van der Waals surface area contributed by atoms with Crippen LogP contribution in [0.1, 0.15) is 27.8 Å². The third-order valence-corrected chi connectivity index (χ3v) is 4.10. The second kappa shape index (κ2) is 6.66. The van der Waals surface area contributed by atoms with Gasteiger partial charge in [0.2, 0.25) is 0 Å². The van der Waals surface area contributed by atoms with Gasteiger partial charge in [-0.15, -0.1) is 0 Å². The number of hydrogen-bond acceptors (Lipinski definition) is 5. The number of aromatic amines is 1. The molecule has 1 fully saturated rings. The molecule has 1 aliphatic heterocycles. The van der Waals surface area contributed by atoms with Crippen LogP contribution in [0.25, 0.3) is 0 Å². The average Bonchev–Trinajstić information content (AvgIpc) is 2.62. The molecular weight excluding hydrogens is 308 g/mol. The number of carbonyl (C=O) groups excluding carboxylic acids is 2. The topological polar surface area (TPSA) is 86.4 Å². The molecule has 0 radical (unpaired) electrons. The quantitative estimate of drug-likeness (QED) is 0.848. The number of anilines is 1. The van der Waals surface area contributed by atoms with Crippen molar-refractivity contribution in [1.82, 2.24) is 15.1 Å². The largest absolute Gasteiger partial charge is 0.368 e. The number of piperazine rings is 1. The van der Waals surface area contributed by atoms with Crippen molar-refractivity contribution in [1.29, 1.82) is 0 Å². The van der Waals surface area contributed by atoms with Crippen LogP contribution >= 0.6 is 0 Å². The van der Waals surface area contributed by atoms with Crippen molar-refractivity contribution in [2.75, 3.05) is 31.1 Å². The summed E-state index contributed by atoms with van der Waals surface area (Å²) in [6.07, 6.45) is 0. The van der Waals surface area contributed by atoms with Gasteiger partial charge in [0, 0.05) is 43.5 Å². The molecule has 7 heteroatoms. The molecule has 24 heavy (non-hydrogen) atoms. The summed E-state index contributed by atoms with van der Waals surface area (Å²) in [6, 6.07) is 10.2. The zero-order valence-electron chi connectivity index (χ0n) is 13.4. The minimum atomic E-state index is -0.328. The van der Waals surface area contributed by atoms with Crippen LogP contribution in [0.3, 0.4) is 0 Å². The molecule has 0 spiro atoms. The van der Waals surface area contributed by atoms with Crippen LogP contribution < -0.4 is 10.5 Å². The molecule has 1 N–H and O–H groups in total. The van der Waals surface area contributed by atoms with E-state index in [0.29, 0.717) is 31.7 Å². The Morgan fingerprint density at radius 1 is 1.00 bits per heavy atom. The number of hydrogen-bond donors (Lipinski definition) is 1. The molecule has 0 bridgehead atoms. The number of nitrogens with one attached hydrogen (secondary N) is 1. The minimum absolute atomic E-state index is 0.0466. The minimum Gasteiger partial charge on any atom is -0.368 e. The zero-order valence-corrected chi connectivity index (χ0v) is 13.4. The fourth-order valence-corrected chi connectivity index (χ4v) is 2.70. The van der Waals surface area contributed by atoms with Gasteiger partial charge in [-0.1, -0.05) is 0 Å². The van der Waals surface area contributed by atoms with Crippen molar-refractivity contribution in [3.05, 3.63) is 58.0 Å². The summed E-state index contributed by atoms with van der Waals surface area (Å²) >= 11 is 0. The molecule has 3 rings (SSSR count). The van der Waals surface area contributed by atoms with E-state index in [0.717, 1.165) is 5.69 Å². The highest BCUT2D eigenvalue weighted by Crippen LogP contribution is 2.18. The summed E-state index contributed by atoms with van der Waals surface area (Å²) in [4.78, 5) is 38.6. The maximum absolute atomic E-state index is 12.4. The van der Waals surface area contributed by atoms with Gasteiger partial charge < -0.3 is 9.80 Å². The number of carbonyl (C=O) groups is 2. The lowest BCUT2D eigenvalue weighted by Crippen LogP contribution is -2.49. The summed E-state index contributed by atoms with van der Waals surface area (Å²) < 4.78 is 0. The van der Waals surface area contributed by atoms with E-state index in [1.165, 1.54) is 12.1 Å². The van der Waals surface area contributed by atoms with Gasteiger partial charge in [-0.25, -0.2) is 5.10 Å². The van der Waals surface area contributed by atoms with Crippen LogP contribution in [0.15, 0.2) is 41.2 Å². The highest BCUT2D eigenvalue weighted by atomic mass is 16.2. The van der Waals surface area contributed by atoms with Gasteiger partial charge in [0.1, 0.15) is 5.69 Å². The molecule has 0 aliphatic carbocycles. The first-order valence-corrected chi connectivity index (χ1v) is 7.75. The predicted molar refractivity (Wildman–Crippen MR) is 89.4 cm³/mol. The van der Waals surface area contributed by atoms with Crippen molar-refractivity contribution < 1.29 is 9.59 Å². The van der Waals surface area contributed by atoms with E-state index in [1.807, 2.05) is 24.3 Å². The Labute approximate surface area is 138 Å². The van der Waals surface area contributed by atoms with Crippen LogP contribution in [0, 0.1) is 0 Å². The molecule has 124 valence electrons. The first-order chi connectivity index (χ1) is 11.5. The van der Waals surface area contributed by atoms with Crippen LogP contribution in [0.2, 0.25) is 0 Å². The summed E-state index contributed by atoms with van der Waals surface area (Å²) in [7, 11) is 0. The van der Waals surface area contributed by atoms with E-state index in [1.54, 1.807) is 11.8 Å². The Morgan fingerprint density at radius 3 is 2.21 bits per heavy atom.